The molecule has 4 unspecified atom stereocenters. The van der Waals surface area contributed by atoms with E-state index in [2.05, 4.69) is 37.3 Å². The average Bonchev–Trinajstić information content (AvgIpc) is 3.18. The number of hydrogen-bond donors (Lipinski definition) is 0. The van der Waals surface area contributed by atoms with Crippen LogP contribution in [0.4, 0.5) is 0 Å². The molecule has 2 nitrogen and oxygen atoms in total. The summed E-state index contributed by atoms with van der Waals surface area (Å²) in [5, 5.41) is 0.00484. The third-order valence-corrected chi connectivity index (χ3v) is 7.43. The van der Waals surface area contributed by atoms with Crippen LogP contribution < -0.4 is 0 Å². The van der Waals surface area contributed by atoms with Crippen molar-refractivity contribution in [2.24, 2.45) is 17.8 Å². The Balaban J connectivity index is 1.38. The van der Waals surface area contributed by atoms with E-state index in [1.807, 2.05) is 0 Å². The van der Waals surface area contributed by atoms with Crippen LogP contribution in [-0.4, -0.2) is 16.9 Å². The normalized spacial score (nSPS) is 29.3. The monoisotopic (exact) mass is 414 g/mol. The minimum absolute atomic E-state index is 0.00484. The summed E-state index contributed by atoms with van der Waals surface area (Å²) in [7, 11) is 0. The molecule has 0 aliphatic heterocycles. The van der Waals surface area contributed by atoms with E-state index >= 15 is 0 Å². The summed E-state index contributed by atoms with van der Waals surface area (Å²) in [6, 6.07) is 0. The molecule has 1 fully saturated rings. The fourth-order valence-corrected chi connectivity index (χ4v) is 5.37. The Morgan fingerprint density at radius 2 is 2.00 bits per heavy atom. The van der Waals surface area contributed by atoms with Crippen LogP contribution in [0.5, 0.6) is 0 Å². The lowest BCUT2D eigenvalue weighted by Crippen LogP contribution is -2.14. The molecule has 0 bridgehead atoms. The van der Waals surface area contributed by atoms with E-state index < -0.39 is 0 Å². The third-order valence-electron chi connectivity index (χ3n) is 6.98. The first kappa shape index (κ1) is 22.3. The number of hydrogen-bond acceptors (Lipinski definition) is 2. The summed E-state index contributed by atoms with van der Waals surface area (Å²) < 4.78 is 0. The lowest BCUT2D eigenvalue weighted by molar-refractivity contribution is -0.120. The lowest BCUT2D eigenvalue weighted by Gasteiger charge is -2.20. The summed E-state index contributed by atoms with van der Waals surface area (Å²) in [5.41, 5.74) is 3.47. The van der Waals surface area contributed by atoms with Crippen molar-refractivity contribution in [2.45, 2.75) is 83.4 Å². The number of allylic oxidation sites excluding steroid dienone is 8. The first-order chi connectivity index (χ1) is 14.0. The predicted octanol–water partition coefficient (Wildman–Crippen LogP) is 6.90. The third kappa shape index (κ3) is 6.28. The Bertz CT molecular complexity index is 740. The van der Waals surface area contributed by atoms with Gasteiger partial charge in [-0.05, 0) is 81.3 Å². The van der Waals surface area contributed by atoms with Crippen molar-refractivity contribution >= 4 is 23.2 Å². The van der Waals surface area contributed by atoms with Gasteiger partial charge in [0.2, 0.25) is 0 Å². The molecule has 3 heteroatoms. The molecule has 29 heavy (non-hydrogen) atoms. The molecule has 0 aromatic rings. The van der Waals surface area contributed by atoms with Crippen molar-refractivity contribution in [1.82, 2.24) is 0 Å². The second-order valence-electron chi connectivity index (χ2n) is 9.10. The van der Waals surface area contributed by atoms with Crippen molar-refractivity contribution in [2.75, 3.05) is 0 Å². The van der Waals surface area contributed by atoms with Gasteiger partial charge in [-0.3, -0.25) is 9.59 Å². The van der Waals surface area contributed by atoms with Crippen LogP contribution in [0, 0.1) is 17.8 Å². The van der Waals surface area contributed by atoms with E-state index in [1.165, 1.54) is 24.8 Å². The fraction of sp³-hybridized carbons (Fsp3) is 0.615. The Kier molecular flexibility index (Phi) is 8.12. The number of halogens is 1. The predicted molar refractivity (Wildman–Crippen MR) is 121 cm³/mol. The highest BCUT2D eigenvalue weighted by Crippen LogP contribution is 2.35. The summed E-state index contributed by atoms with van der Waals surface area (Å²) in [5.74, 6) is 2.04. The van der Waals surface area contributed by atoms with Crippen molar-refractivity contribution < 1.29 is 9.59 Å². The van der Waals surface area contributed by atoms with Gasteiger partial charge >= 0.3 is 0 Å². The Morgan fingerprint density at radius 3 is 2.62 bits per heavy atom. The first-order valence-electron chi connectivity index (χ1n) is 11.4. The minimum atomic E-state index is 0.00484. The van der Waals surface area contributed by atoms with Gasteiger partial charge in [0.1, 0.15) is 5.78 Å². The molecular formula is C26H35ClO2. The van der Waals surface area contributed by atoms with Gasteiger partial charge in [0, 0.05) is 12.3 Å². The minimum Gasteiger partial charge on any atom is -0.300 e. The molecule has 0 heterocycles. The van der Waals surface area contributed by atoms with E-state index in [0.717, 1.165) is 55.6 Å². The van der Waals surface area contributed by atoms with Gasteiger partial charge < -0.3 is 0 Å². The molecule has 0 N–H and O–H groups in total. The molecule has 0 aromatic carbocycles. The number of Topliss-reactive ketones (excluding diaryl/α,β-unsaturated/α-hetero) is 2. The molecule has 0 aromatic heterocycles. The maximum Gasteiger partial charge on any atom is 0.163 e. The van der Waals surface area contributed by atoms with Crippen LogP contribution in [0.1, 0.15) is 78.1 Å². The maximum absolute atomic E-state index is 12.7. The molecule has 0 amide bonds. The van der Waals surface area contributed by atoms with E-state index in [1.54, 1.807) is 6.92 Å². The second-order valence-corrected chi connectivity index (χ2v) is 9.60. The highest BCUT2D eigenvalue weighted by Gasteiger charge is 2.27. The molecular weight excluding hydrogens is 380 g/mol. The molecule has 3 aliphatic carbocycles. The zero-order chi connectivity index (χ0) is 20.8. The van der Waals surface area contributed by atoms with E-state index in [4.69, 9.17) is 11.6 Å². The van der Waals surface area contributed by atoms with Crippen LogP contribution in [0.2, 0.25) is 0 Å². The van der Waals surface area contributed by atoms with Gasteiger partial charge in [-0.15, -0.1) is 11.6 Å². The number of alkyl halides is 1. The molecule has 0 radical (unpaired) electrons. The van der Waals surface area contributed by atoms with Crippen molar-refractivity contribution in [3.05, 3.63) is 47.1 Å². The Hall–Kier alpha value is -1.41. The fourth-order valence-electron chi connectivity index (χ4n) is 4.95. The zero-order valence-electron chi connectivity index (χ0n) is 18.0. The van der Waals surface area contributed by atoms with E-state index in [0.29, 0.717) is 24.0 Å². The molecule has 0 spiro atoms. The van der Waals surface area contributed by atoms with Crippen molar-refractivity contribution in [1.29, 1.82) is 0 Å². The summed E-state index contributed by atoms with van der Waals surface area (Å²) in [6.45, 7) is 3.88. The van der Waals surface area contributed by atoms with Crippen molar-refractivity contribution in [3.63, 3.8) is 0 Å². The van der Waals surface area contributed by atoms with Gasteiger partial charge in [-0.2, -0.15) is 0 Å². The van der Waals surface area contributed by atoms with Gasteiger partial charge in [0.15, 0.2) is 5.78 Å². The first-order valence-corrected chi connectivity index (χ1v) is 11.8. The van der Waals surface area contributed by atoms with Crippen LogP contribution in [-0.2, 0) is 9.59 Å². The number of carbonyl (C=O) groups excluding carboxylic acids is 2. The lowest BCUT2D eigenvalue weighted by atomic mass is 9.88. The average molecular weight is 415 g/mol. The van der Waals surface area contributed by atoms with Gasteiger partial charge in [-0.25, -0.2) is 0 Å². The maximum atomic E-state index is 12.7. The SMILES string of the molecule is CCC1C=CC(CC(=O)C2=CCC(CCCC3CCC(C(C)=O)C3)=CC2)=CC1Cl. The summed E-state index contributed by atoms with van der Waals surface area (Å²) in [4.78, 5) is 24.2. The van der Waals surface area contributed by atoms with Gasteiger partial charge in [-0.1, -0.05) is 49.3 Å². The topological polar surface area (TPSA) is 34.1 Å². The number of ketones is 2. The largest absolute Gasteiger partial charge is 0.300 e. The standard InChI is InChI=1S/C26H35ClO2/c1-3-22-11-10-21(16-25(22)27)17-26(29)23-12-7-19(8-13-23)5-4-6-20-9-14-24(15-20)18(2)28/h7,10-11,13,16,20,22,24-25H,3-6,8-9,12,14-15,17H2,1-2H3. The van der Waals surface area contributed by atoms with Crippen LogP contribution in [0.25, 0.3) is 0 Å². The van der Waals surface area contributed by atoms with E-state index in [-0.39, 0.29) is 11.2 Å². The molecule has 158 valence electrons. The zero-order valence-corrected chi connectivity index (χ0v) is 18.7. The van der Waals surface area contributed by atoms with Crippen LogP contribution in [0.3, 0.4) is 0 Å². The van der Waals surface area contributed by atoms with Crippen molar-refractivity contribution in [3.8, 4) is 0 Å². The van der Waals surface area contributed by atoms with E-state index in [9.17, 15) is 9.59 Å². The molecule has 3 rings (SSSR count). The second kappa shape index (κ2) is 10.6. The highest BCUT2D eigenvalue weighted by molar-refractivity contribution is 6.22. The van der Waals surface area contributed by atoms with Gasteiger partial charge in [0.05, 0.1) is 5.38 Å². The van der Waals surface area contributed by atoms with Crippen LogP contribution in [0.15, 0.2) is 47.1 Å². The van der Waals surface area contributed by atoms with Gasteiger partial charge in [0.25, 0.3) is 0 Å². The smallest absolute Gasteiger partial charge is 0.163 e. The molecule has 0 saturated heterocycles. The summed E-state index contributed by atoms with van der Waals surface area (Å²) in [6.07, 6.45) is 20.8. The Labute approximate surface area is 181 Å². The molecule has 4 atom stereocenters. The molecule has 3 aliphatic rings. The molecule has 1 saturated carbocycles. The quantitative estimate of drug-likeness (QED) is 0.303. The number of carbonyl (C=O) groups is 2. The van der Waals surface area contributed by atoms with Crippen LogP contribution >= 0.6 is 11.6 Å². The Morgan fingerprint density at radius 1 is 1.17 bits per heavy atom. The number of rotatable bonds is 9. The highest BCUT2D eigenvalue weighted by atomic mass is 35.5. The summed E-state index contributed by atoms with van der Waals surface area (Å²) >= 11 is 6.41.